The third kappa shape index (κ3) is 4.13. The molecule has 148 valence electrons. The maximum absolute atomic E-state index is 12.8. The maximum Gasteiger partial charge on any atom is 0.250 e. The molecule has 1 aromatic rings. The fraction of sp³-hybridized carbons (Fsp3) is 0.727. The summed E-state index contributed by atoms with van der Waals surface area (Å²) in [5.74, 6) is 1.13. The van der Waals surface area contributed by atoms with Gasteiger partial charge in [-0.05, 0) is 57.6 Å². The van der Waals surface area contributed by atoms with Gasteiger partial charge in [0.15, 0.2) is 0 Å². The molecular weight excluding hydrogens is 338 g/mol. The molecule has 3 aliphatic rings. The lowest BCUT2D eigenvalue weighted by Gasteiger charge is -2.43. The first-order valence-corrected chi connectivity index (χ1v) is 10.7. The molecule has 27 heavy (non-hydrogen) atoms. The number of hydrogen-bond donors (Lipinski definition) is 0. The molecule has 1 saturated carbocycles. The van der Waals surface area contributed by atoms with Gasteiger partial charge in [-0.2, -0.15) is 0 Å². The molecule has 5 nitrogen and oxygen atoms in total. The van der Waals surface area contributed by atoms with Crippen LogP contribution in [0, 0.1) is 18.3 Å². The second-order valence-corrected chi connectivity index (χ2v) is 9.11. The Kier molecular flexibility index (Phi) is 5.40. The number of carbonyl (C=O) groups excluding carboxylic acids is 1. The number of aryl methyl sites for hydroxylation is 1. The minimum absolute atomic E-state index is 0.0143. The number of pyridine rings is 1. The average molecular weight is 372 g/mol. The Balaban J connectivity index is 1.31. The molecule has 0 radical (unpaired) electrons. The molecule has 0 aromatic carbocycles. The van der Waals surface area contributed by atoms with Crippen molar-refractivity contribution >= 4 is 5.91 Å². The van der Waals surface area contributed by atoms with Gasteiger partial charge in [0.25, 0.3) is 5.56 Å². The summed E-state index contributed by atoms with van der Waals surface area (Å²) in [5, 5.41) is 0. The van der Waals surface area contributed by atoms with E-state index in [1.807, 2.05) is 13.0 Å². The van der Waals surface area contributed by atoms with Crippen LogP contribution in [0.25, 0.3) is 0 Å². The Morgan fingerprint density at radius 2 is 2.00 bits per heavy atom. The van der Waals surface area contributed by atoms with E-state index in [0.29, 0.717) is 18.4 Å². The SMILES string of the molecule is Cc1cccc(=O)n1CCC(=O)N1CCC2(CCCN(CC3CCC3)C2)C1. The minimum Gasteiger partial charge on any atom is -0.342 e. The number of likely N-dealkylation sites (tertiary alicyclic amines) is 2. The molecule has 5 heteroatoms. The van der Waals surface area contributed by atoms with Crippen molar-refractivity contribution in [3.63, 3.8) is 0 Å². The van der Waals surface area contributed by atoms with E-state index in [9.17, 15) is 9.59 Å². The van der Waals surface area contributed by atoms with Gasteiger partial charge in [-0.15, -0.1) is 0 Å². The number of carbonyl (C=O) groups is 1. The number of rotatable bonds is 5. The lowest BCUT2D eigenvalue weighted by Crippen LogP contribution is -2.47. The summed E-state index contributed by atoms with van der Waals surface area (Å²) in [5.41, 5.74) is 1.23. The molecule has 3 fully saturated rings. The molecule has 1 aliphatic carbocycles. The highest BCUT2D eigenvalue weighted by Crippen LogP contribution is 2.40. The third-order valence-electron chi connectivity index (χ3n) is 7.09. The van der Waals surface area contributed by atoms with Gasteiger partial charge in [0, 0.05) is 56.3 Å². The Morgan fingerprint density at radius 1 is 1.15 bits per heavy atom. The molecule has 2 saturated heterocycles. The second kappa shape index (κ2) is 7.78. The molecule has 1 unspecified atom stereocenters. The average Bonchev–Trinajstić information content (AvgIpc) is 3.01. The molecule has 1 aromatic heterocycles. The van der Waals surface area contributed by atoms with Crippen LogP contribution in [0.5, 0.6) is 0 Å². The second-order valence-electron chi connectivity index (χ2n) is 9.11. The predicted molar refractivity (Wildman–Crippen MR) is 107 cm³/mol. The number of piperidine rings is 1. The Hall–Kier alpha value is -1.62. The monoisotopic (exact) mass is 371 g/mol. The van der Waals surface area contributed by atoms with Gasteiger partial charge in [0.05, 0.1) is 0 Å². The summed E-state index contributed by atoms with van der Waals surface area (Å²) in [6.07, 6.45) is 8.33. The molecular formula is C22H33N3O2. The molecule has 3 heterocycles. The van der Waals surface area contributed by atoms with Crippen LogP contribution in [0.1, 0.15) is 50.6 Å². The molecule has 1 spiro atoms. The Bertz CT molecular complexity index is 739. The topological polar surface area (TPSA) is 45.6 Å². The van der Waals surface area contributed by atoms with Gasteiger partial charge in [-0.25, -0.2) is 0 Å². The standard InChI is InChI=1S/C22H33N3O2/c1-18-5-2-8-21(27)25(18)13-9-20(26)24-14-11-22(17-24)10-4-12-23(16-22)15-19-6-3-7-19/h2,5,8,19H,3-4,6-7,9-17H2,1H3. The normalized spacial score (nSPS) is 26.5. The van der Waals surface area contributed by atoms with E-state index in [-0.39, 0.29) is 11.5 Å². The van der Waals surface area contributed by atoms with Crippen LogP contribution in [0.2, 0.25) is 0 Å². The highest BCUT2D eigenvalue weighted by Gasteiger charge is 2.43. The molecule has 0 N–H and O–H groups in total. The van der Waals surface area contributed by atoms with E-state index in [1.165, 1.54) is 51.7 Å². The van der Waals surface area contributed by atoms with Crippen molar-refractivity contribution in [2.75, 3.05) is 32.7 Å². The Labute approximate surface area is 162 Å². The highest BCUT2D eigenvalue weighted by atomic mass is 16.2. The molecule has 1 atom stereocenters. The first-order valence-electron chi connectivity index (χ1n) is 10.7. The summed E-state index contributed by atoms with van der Waals surface area (Å²) < 4.78 is 1.71. The first-order chi connectivity index (χ1) is 13.0. The van der Waals surface area contributed by atoms with Crippen molar-refractivity contribution in [1.29, 1.82) is 0 Å². The largest absolute Gasteiger partial charge is 0.342 e. The lowest BCUT2D eigenvalue weighted by molar-refractivity contribution is -0.131. The quantitative estimate of drug-likeness (QED) is 0.799. The van der Waals surface area contributed by atoms with Gasteiger partial charge in [-0.3, -0.25) is 9.59 Å². The van der Waals surface area contributed by atoms with Crippen LogP contribution >= 0.6 is 0 Å². The summed E-state index contributed by atoms with van der Waals surface area (Å²) in [4.78, 5) is 29.5. The number of hydrogen-bond acceptors (Lipinski definition) is 3. The summed E-state index contributed by atoms with van der Waals surface area (Å²) >= 11 is 0. The van der Waals surface area contributed by atoms with Gasteiger partial charge in [0.2, 0.25) is 5.91 Å². The van der Waals surface area contributed by atoms with Crippen LogP contribution in [0.3, 0.4) is 0 Å². The summed E-state index contributed by atoms with van der Waals surface area (Å²) in [6.45, 7) is 7.89. The van der Waals surface area contributed by atoms with Crippen molar-refractivity contribution in [3.8, 4) is 0 Å². The maximum atomic E-state index is 12.8. The van der Waals surface area contributed by atoms with Gasteiger partial charge in [0.1, 0.15) is 0 Å². The fourth-order valence-corrected chi connectivity index (χ4v) is 5.26. The van der Waals surface area contributed by atoms with Crippen molar-refractivity contribution in [2.45, 2.75) is 58.4 Å². The van der Waals surface area contributed by atoms with Gasteiger partial charge < -0.3 is 14.4 Å². The van der Waals surface area contributed by atoms with E-state index in [2.05, 4.69) is 9.80 Å². The van der Waals surface area contributed by atoms with Crippen LogP contribution in [0.4, 0.5) is 0 Å². The van der Waals surface area contributed by atoms with Crippen molar-refractivity contribution in [2.24, 2.45) is 11.3 Å². The smallest absolute Gasteiger partial charge is 0.250 e. The minimum atomic E-state index is -0.0143. The van der Waals surface area contributed by atoms with Crippen LogP contribution in [-0.2, 0) is 11.3 Å². The third-order valence-corrected chi connectivity index (χ3v) is 7.09. The summed E-state index contributed by atoms with van der Waals surface area (Å²) in [6, 6.07) is 5.27. The van der Waals surface area contributed by atoms with Crippen LogP contribution in [-0.4, -0.2) is 53.0 Å². The van der Waals surface area contributed by atoms with Crippen molar-refractivity contribution in [3.05, 3.63) is 34.2 Å². The summed E-state index contributed by atoms with van der Waals surface area (Å²) in [7, 11) is 0. The number of aromatic nitrogens is 1. The lowest BCUT2D eigenvalue weighted by atomic mass is 9.78. The zero-order valence-electron chi connectivity index (χ0n) is 16.7. The fourth-order valence-electron chi connectivity index (χ4n) is 5.26. The van der Waals surface area contributed by atoms with Gasteiger partial charge in [-0.1, -0.05) is 12.5 Å². The molecule has 0 bridgehead atoms. The first kappa shape index (κ1) is 18.7. The van der Waals surface area contributed by atoms with E-state index in [4.69, 9.17) is 0 Å². The Morgan fingerprint density at radius 3 is 2.74 bits per heavy atom. The van der Waals surface area contributed by atoms with E-state index in [1.54, 1.807) is 16.7 Å². The van der Waals surface area contributed by atoms with E-state index >= 15 is 0 Å². The van der Waals surface area contributed by atoms with E-state index < -0.39 is 0 Å². The van der Waals surface area contributed by atoms with Crippen molar-refractivity contribution in [1.82, 2.24) is 14.4 Å². The molecule has 2 aliphatic heterocycles. The zero-order valence-corrected chi connectivity index (χ0v) is 16.7. The number of amides is 1. The zero-order chi connectivity index (χ0) is 18.9. The van der Waals surface area contributed by atoms with E-state index in [0.717, 1.165) is 31.1 Å². The number of nitrogens with zero attached hydrogens (tertiary/aromatic N) is 3. The molecule has 1 amide bonds. The van der Waals surface area contributed by atoms with Crippen LogP contribution < -0.4 is 5.56 Å². The van der Waals surface area contributed by atoms with Crippen LogP contribution in [0.15, 0.2) is 23.0 Å². The highest BCUT2D eigenvalue weighted by molar-refractivity contribution is 5.76. The van der Waals surface area contributed by atoms with Gasteiger partial charge >= 0.3 is 0 Å². The predicted octanol–water partition coefficient (Wildman–Crippen LogP) is 2.66. The molecule has 4 rings (SSSR count). The van der Waals surface area contributed by atoms with Crippen molar-refractivity contribution < 1.29 is 4.79 Å².